The van der Waals surface area contributed by atoms with E-state index in [-0.39, 0.29) is 11.8 Å². The van der Waals surface area contributed by atoms with Crippen molar-refractivity contribution < 1.29 is 9.59 Å². The molecule has 1 atom stereocenters. The Hall–Kier alpha value is -2.33. The molecule has 0 saturated heterocycles. The molecule has 0 aliphatic carbocycles. The highest BCUT2D eigenvalue weighted by Gasteiger charge is 2.25. The summed E-state index contributed by atoms with van der Waals surface area (Å²) in [5.41, 5.74) is 3.08. The number of hydrogen-bond acceptors (Lipinski definition) is 2. The molecule has 0 radical (unpaired) electrons. The predicted molar refractivity (Wildman–Crippen MR) is 110 cm³/mol. The van der Waals surface area contributed by atoms with Gasteiger partial charge in [-0.1, -0.05) is 59.6 Å². The molecule has 0 aliphatic rings. The highest BCUT2D eigenvalue weighted by atomic mass is 35.5. The van der Waals surface area contributed by atoms with E-state index in [1.54, 1.807) is 11.8 Å². The number of likely N-dealkylation sites (N-methyl/N-ethyl adjacent to an activating group) is 1. The van der Waals surface area contributed by atoms with Crippen LogP contribution in [0.15, 0.2) is 48.5 Å². The summed E-state index contributed by atoms with van der Waals surface area (Å²) in [6.07, 6.45) is 0.851. The van der Waals surface area contributed by atoms with E-state index in [9.17, 15) is 9.59 Å². The van der Waals surface area contributed by atoms with Gasteiger partial charge < -0.3 is 10.2 Å². The molecular formula is C22H27ClN2O2. The Labute approximate surface area is 166 Å². The third-order valence-corrected chi connectivity index (χ3v) is 4.89. The summed E-state index contributed by atoms with van der Waals surface area (Å²) in [6.45, 7) is 6.60. The Kier molecular flexibility index (Phi) is 7.86. The van der Waals surface area contributed by atoms with Crippen molar-refractivity contribution in [3.63, 3.8) is 0 Å². The lowest BCUT2D eigenvalue weighted by atomic mass is 10.1. The number of carbonyl (C=O) groups excluding carboxylic acids is 2. The maximum atomic E-state index is 13.0. The van der Waals surface area contributed by atoms with Crippen molar-refractivity contribution in [3.05, 3.63) is 70.2 Å². The number of aryl methyl sites for hydroxylation is 2. The Bertz CT molecular complexity index is 791. The van der Waals surface area contributed by atoms with Crippen LogP contribution in [0.3, 0.4) is 0 Å². The van der Waals surface area contributed by atoms with Crippen LogP contribution in [0.5, 0.6) is 0 Å². The molecule has 0 fully saturated rings. The zero-order chi connectivity index (χ0) is 19.8. The molecule has 0 unspecified atom stereocenters. The fourth-order valence-corrected chi connectivity index (χ4v) is 3.23. The minimum absolute atomic E-state index is 0.0600. The second-order valence-electron chi connectivity index (χ2n) is 6.67. The van der Waals surface area contributed by atoms with Gasteiger partial charge in [-0.2, -0.15) is 0 Å². The largest absolute Gasteiger partial charge is 0.355 e. The minimum atomic E-state index is -0.538. The molecule has 0 aromatic heterocycles. The summed E-state index contributed by atoms with van der Waals surface area (Å²) in [5.74, 6) is -0.202. The van der Waals surface area contributed by atoms with Crippen molar-refractivity contribution in [3.8, 4) is 0 Å². The fourth-order valence-electron chi connectivity index (χ4n) is 3.00. The highest BCUT2D eigenvalue weighted by Crippen LogP contribution is 2.18. The maximum Gasteiger partial charge on any atom is 0.242 e. The zero-order valence-electron chi connectivity index (χ0n) is 16.2. The molecule has 2 aromatic carbocycles. The third kappa shape index (κ3) is 6.10. The molecule has 27 heavy (non-hydrogen) atoms. The van der Waals surface area contributed by atoms with Crippen LogP contribution in [0.1, 0.15) is 37.0 Å². The van der Waals surface area contributed by atoms with Crippen LogP contribution in [-0.2, 0) is 22.6 Å². The van der Waals surface area contributed by atoms with Crippen molar-refractivity contribution in [1.82, 2.24) is 10.2 Å². The van der Waals surface area contributed by atoms with Crippen molar-refractivity contribution in [2.45, 2.75) is 46.2 Å². The quantitative estimate of drug-likeness (QED) is 0.741. The highest BCUT2D eigenvalue weighted by molar-refractivity contribution is 6.31. The Balaban J connectivity index is 2.15. The summed E-state index contributed by atoms with van der Waals surface area (Å²) in [5, 5.41) is 3.47. The Morgan fingerprint density at radius 2 is 1.89 bits per heavy atom. The fraction of sp³-hybridized carbons (Fsp3) is 0.364. The van der Waals surface area contributed by atoms with Gasteiger partial charge in [-0.3, -0.25) is 9.59 Å². The second kappa shape index (κ2) is 10.1. The molecule has 0 saturated carbocycles. The van der Waals surface area contributed by atoms with Gasteiger partial charge in [-0.25, -0.2) is 0 Å². The first-order chi connectivity index (χ1) is 12.9. The van der Waals surface area contributed by atoms with Gasteiger partial charge in [0.05, 0.1) is 0 Å². The van der Waals surface area contributed by atoms with Crippen LogP contribution < -0.4 is 5.32 Å². The van der Waals surface area contributed by atoms with Crippen molar-refractivity contribution >= 4 is 23.4 Å². The lowest BCUT2D eigenvalue weighted by Crippen LogP contribution is -2.47. The number of hydrogen-bond donors (Lipinski definition) is 1. The third-order valence-electron chi connectivity index (χ3n) is 4.52. The molecular weight excluding hydrogens is 360 g/mol. The molecule has 2 aromatic rings. The van der Waals surface area contributed by atoms with Crippen molar-refractivity contribution in [1.29, 1.82) is 0 Å². The smallest absolute Gasteiger partial charge is 0.242 e. The lowest BCUT2D eigenvalue weighted by Gasteiger charge is -2.29. The zero-order valence-corrected chi connectivity index (χ0v) is 16.9. The molecule has 0 spiro atoms. The summed E-state index contributed by atoms with van der Waals surface area (Å²) in [7, 11) is 0. The van der Waals surface area contributed by atoms with Crippen LogP contribution in [0, 0.1) is 6.92 Å². The predicted octanol–water partition coefficient (Wildman–Crippen LogP) is 4.13. The normalized spacial score (nSPS) is 11.7. The SMILES string of the molecule is CCNC(=O)[C@@H](C)N(Cc1cccc(C)c1)C(=O)CCc1ccccc1Cl. The number of benzene rings is 2. The van der Waals surface area contributed by atoms with E-state index >= 15 is 0 Å². The average molecular weight is 387 g/mol. The number of nitrogens with one attached hydrogen (secondary N) is 1. The van der Waals surface area contributed by atoms with Gasteiger partial charge in [0.2, 0.25) is 11.8 Å². The number of rotatable bonds is 8. The topological polar surface area (TPSA) is 49.4 Å². The van der Waals surface area contributed by atoms with E-state index in [4.69, 9.17) is 11.6 Å². The standard InChI is InChI=1S/C22H27ClN2O2/c1-4-24-22(27)17(3)25(15-18-9-7-8-16(2)14-18)21(26)13-12-19-10-5-6-11-20(19)23/h5-11,14,17H,4,12-13,15H2,1-3H3,(H,24,27)/t17-/m1/s1. The van der Waals surface area contributed by atoms with Gasteiger partial charge >= 0.3 is 0 Å². The van der Waals surface area contributed by atoms with Crippen molar-refractivity contribution in [2.24, 2.45) is 0 Å². The molecule has 2 rings (SSSR count). The first-order valence-electron chi connectivity index (χ1n) is 9.28. The molecule has 0 aliphatic heterocycles. The monoisotopic (exact) mass is 386 g/mol. The van der Waals surface area contributed by atoms with Crippen molar-refractivity contribution in [2.75, 3.05) is 6.54 Å². The maximum absolute atomic E-state index is 13.0. The Morgan fingerprint density at radius 1 is 1.15 bits per heavy atom. The van der Waals surface area contributed by atoms with Gasteiger partial charge in [-0.05, 0) is 44.4 Å². The molecule has 2 amide bonds. The van der Waals surface area contributed by atoms with Gasteiger partial charge in [-0.15, -0.1) is 0 Å². The number of halogens is 1. The van der Waals surface area contributed by atoms with E-state index in [2.05, 4.69) is 5.32 Å². The van der Waals surface area contributed by atoms with Crippen LogP contribution in [0.25, 0.3) is 0 Å². The average Bonchev–Trinajstić information content (AvgIpc) is 2.65. The van der Waals surface area contributed by atoms with E-state index in [1.807, 2.05) is 62.4 Å². The summed E-state index contributed by atoms with van der Waals surface area (Å²) >= 11 is 6.20. The van der Waals surface area contributed by atoms with Crippen LogP contribution in [-0.4, -0.2) is 29.3 Å². The second-order valence-corrected chi connectivity index (χ2v) is 7.08. The van der Waals surface area contributed by atoms with E-state index in [0.29, 0.717) is 31.0 Å². The summed E-state index contributed by atoms with van der Waals surface area (Å²) in [6, 6.07) is 15.0. The lowest BCUT2D eigenvalue weighted by molar-refractivity contribution is -0.140. The number of carbonyl (C=O) groups is 2. The molecule has 144 valence electrons. The van der Waals surface area contributed by atoms with Crippen LogP contribution in [0.4, 0.5) is 0 Å². The van der Waals surface area contributed by atoms with Crippen LogP contribution >= 0.6 is 11.6 Å². The molecule has 1 N–H and O–H groups in total. The van der Waals surface area contributed by atoms with Gasteiger partial charge in [0.1, 0.15) is 6.04 Å². The van der Waals surface area contributed by atoms with Gasteiger partial charge in [0.15, 0.2) is 0 Å². The minimum Gasteiger partial charge on any atom is -0.355 e. The first-order valence-corrected chi connectivity index (χ1v) is 9.66. The van der Waals surface area contributed by atoms with Gasteiger partial charge in [0, 0.05) is 24.5 Å². The molecule has 5 heteroatoms. The summed E-state index contributed by atoms with van der Waals surface area (Å²) < 4.78 is 0. The summed E-state index contributed by atoms with van der Waals surface area (Å²) in [4.78, 5) is 27.0. The number of nitrogens with zero attached hydrogens (tertiary/aromatic N) is 1. The first kappa shape index (κ1) is 21.0. The van der Waals surface area contributed by atoms with Gasteiger partial charge in [0.25, 0.3) is 0 Å². The van der Waals surface area contributed by atoms with E-state index < -0.39 is 6.04 Å². The molecule has 0 heterocycles. The van der Waals surface area contributed by atoms with E-state index in [1.165, 1.54) is 0 Å². The van der Waals surface area contributed by atoms with Crippen LogP contribution in [0.2, 0.25) is 5.02 Å². The number of amides is 2. The Morgan fingerprint density at radius 3 is 2.56 bits per heavy atom. The molecule has 4 nitrogen and oxygen atoms in total. The molecule has 0 bridgehead atoms. The van der Waals surface area contributed by atoms with E-state index in [0.717, 1.165) is 16.7 Å².